The Kier molecular flexibility index (Phi) is 3.80. The van der Waals surface area contributed by atoms with Gasteiger partial charge >= 0.3 is 0 Å². The molecule has 0 fully saturated rings. The zero-order valence-corrected chi connectivity index (χ0v) is 14.3. The number of aromatic nitrogens is 4. The van der Waals surface area contributed by atoms with Crippen LogP contribution in [0.3, 0.4) is 0 Å². The van der Waals surface area contributed by atoms with Gasteiger partial charge in [0.05, 0.1) is 9.55 Å². The van der Waals surface area contributed by atoms with E-state index in [2.05, 4.69) is 15.1 Å². The van der Waals surface area contributed by atoms with Gasteiger partial charge in [0.25, 0.3) is 5.56 Å². The Morgan fingerprint density at radius 3 is 2.62 bits per heavy atom. The van der Waals surface area contributed by atoms with Crippen LogP contribution in [0.1, 0.15) is 5.56 Å². The predicted molar refractivity (Wildman–Crippen MR) is 95.6 cm³/mol. The number of hydrogen-bond donors (Lipinski definition) is 0. The summed E-state index contributed by atoms with van der Waals surface area (Å²) in [6, 6.07) is 8.72. The number of thiazole rings is 1. The summed E-state index contributed by atoms with van der Waals surface area (Å²) in [6.07, 6.45) is 5.14. The van der Waals surface area contributed by atoms with E-state index in [9.17, 15) is 4.79 Å². The fraction of sp³-hybridized carbons (Fsp3) is 0. The minimum Gasteiger partial charge on any atom is -0.266 e. The lowest BCUT2D eigenvalue weighted by molar-refractivity contribution is 0.937. The summed E-state index contributed by atoms with van der Waals surface area (Å²) in [6.45, 7) is 0. The Labute approximate surface area is 149 Å². The third-order valence-corrected chi connectivity index (χ3v) is 4.86. The molecule has 118 valence electrons. The van der Waals surface area contributed by atoms with Crippen LogP contribution >= 0.6 is 34.5 Å². The standard InChI is InChI=1S/C16H8Cl2N4OS/c17-10-1-2-11(12(18)8-10)14-20-16-22(21-14)15(23)13(24-16)7-9-3-5-19-6-4-9/h1-8H. The molecule has 24 heavy (non-hydrogen) atoms. The van der Waals surface area contributed by atoms with Gasteiger partial charge in [0.1, 0.15) is 0 Å². The molecule has 8 heteroatoms. The molecule has 0 spiro atoms. The first-order valence-electron chi connectivity index (χ1n) is 6.88. The van der Waals surface area contributed by atoms with Crippen molar-refractivity contribution in [2.24, 2.45) is 0 Å². The van der Waals surface area contributed by atoms with Gasteiger partial charge in [-0.1, -0.05) is 34.5 Å². The van der Waals surface area contributed by atoms with Crippen LogP contribution in [-0.2, 0) is 0 Å². The van der Waals surface area contributed by atoms with Crippen LogP contribution in [0.5, 0.6) is 0 Å². The van der Waals surface area contributed by atoms with E-state index in [1.807, 2.05) is 12.1 Å². The van der Waals surface area contributed by atoms with Crippen molar-refractivity contribution >= 4 is 45.6 Å². The summed E-state index contributed by atoms with van der Waals surface area (Å²) >= 11 is 13.3. The number of pyridine rings is 1. The van der Waals surface area contributed by atoms with Crippen molar-refractivity contribution in [2.75, 3.05) is 0 Å². The molecule has 3 heterocycles. The van der Waals surface area contributed by atoms with Crippen molar-refractivity contribution in [1.82, 2.24) is 19.6 Å². The van der Waals surface area contributed by atoms with Crippen molar-refractivity contribution in [1.29, 1.82) is 0 Å². The lowest BCUT2D eigenvalue weighted by Gasteiger charge is -1.98. The number of hydrogen-bond acceptors (Lipinski definition) is 5. The van der Waals surface area contributed by atoms with Crippen LogP contribution in [0.25, 0.3) is 22.4 Å². The second kappa shape index (κ2) is 5.98. The van der Waals surface area contributed by atoms with Gasteiger partial charge in [0, 0.05) is 23.0 Å². The molecule has 0 aliphatic rings. The summed E-state index contributed by atoms with van der Waals surface area (Å²) in [7, 11) is 0. The molecular formula is C16H8Cl2N4OS. The Morgan fingerprint density at radius 1 is 1.12 bits per heavy atom. The van der Waals surface area contributed by atoms with Gasteiger partial charge in [-0.05, 0) is 42.0 Å². The zero-order valence-electron chi connectivity index (χ0n) is 12.0. The van der Waals surface area contributed by atoms with Crippen LogP contribution in [0, 0.1) is 0 Å². The van der Waals surface area contributed by atoms with E-state index >= 15 is 0 Å². The molecule has 3 aromatic heterocycles. The van der Waals surface area contributed by atoms with Gasteiger partial charge in [-0.2, -0.15) is 9.50 Å². The van der Waals surface area contributed by atoms with E-state index < -0.39 is 0 Å². The Bertz CT molecular complexity index is 1150. The van der Waals surface area contributed by atoms with Crippen molar-refractivity contribution in [3.63, 3.8) is 0 Å². The second-order valence-electron chi connectivity index (χ2n) is 4.95. The van der Waals surface area contributed by atoms with Crippen LogP contribution in [0.2, 0.25) is 10.0 Å². The molecule has 0 saturated carbocycles. The maximum atomic E-state index is 12.5. The quantitative estimate of drug-likeness (QED) is 0.540. The normalized spacial score (nSPS) is 12.2. The average Bonchev–Trinajstić information content (AvgIpc) is 3.09. The zero-order chi connectivity index (χ0) is 16.7. The largest absolute Gasteiger partial charge is 0.291 e. The van der Waals surface area contributed by atoms with Gasteiger partial charge in [0.2, 0.25) is 4.96 Å². The lowest BCUT2D eigenvalue weighted by Crippen LogP contribution is -2.23. The molecule has 0 atom stereocenters. The molecule has 0 amide bonds. The Hall–Kier alpha value is -2.28. The fourth-order valence-corrected chi connectivity index (χ4v) is 3.63. The fourth-order valence-electron chi connectivity index (χ4n) is 2.23. The van der Waals surface area contributed by atoms with Crippen molar-refractivity contribution in [2.45, 2.75) is 0 Å². The van der Waals surface area contributed by atoms with Crippen molar-refractivity contribution < 1.29 is 0 Å². The van der Waals surface area contributed by atoms with Crippen LogP contribution in [0.4, 0.5) is 0 Å². The summed E-state index contributed by atoms with van der Waals surface area (Å²) in [5, 5.41) is 5.25. The summed E-state index contributed by atoms with van der Waals surface area (Å²) in [5.74, 6) is 0.399. The van der Waals surface area contributed by atoms with Crippen LogP contribution < -0.4 is 10.1 Å². The van der Waals surface area contributed by atoms with E-state index in [1.165, 1.54) is 15.9 Å². The van der Waals surface area contributed by atoms with Crippen LogP contribution in [0.15, 0.2) is 47.5 Å². The van der Waals surface area contributed by atoms with Crippen molar-refractivity contribution in [3.05, 3.63) is 73.2 Å². The monoisotopic (exact) mass is 374 g/mol. The number of halogens is 2. The number of fused-ring (bicyclic) bond motifs is 1. The third-order valence-electron chi connectivity index (χ3n) is 3.36. The highest BCUT2D eigenvalue weighted by molar-refractivity contribution is 7.15. The lowest BCUT2D eigenvalue weighted by atomic mass is 10.2. The first-order chi connectivity index (χ1) is 11.6. The molecule has 0 bridgehead atoms. The van der Waals surface area contributed by atoms with Crippen molar-refractivity contribution in [3.8, 4) is 11.4 Å². The molecule has 0 saturated heterocycles. The Morgan fingerprint density at radius 2 is 1.92 bits per heavy atom. The molecular weight excluding hydrogens is 367 g/mol. The molecule has 4 aromatic rings. The highest BCUT2D eigenvalue weighted by Gasteiger charge is 2.14. The first kappa shape index (κ1) is 15.3. The minimum absolute atomic E-state index is 0.212. The number of nitrogens with zero attached hydrogens (tertiary/aromatic N) is 4. The molecule has 0 N–H and O–H groups in total. The molecule has 0 aliphatic carbocycles. The summed E-state index contributed by atoms with van der Waals surface area (Å²) in [4.78, 5) is 21.4. The topological polar surface area (TPSA) is 60.2 Å². The Balaban J connectivity index is 1.84. The van der Waals surface area contributed by atoms with Gasteiger partial charge in [-0.25, -0.2) is 0 Å². The molecule has 1 aromatic carbocycles. The SMILES string of the molecule is O=c1c(=Cc2ccncc2)sc2nc(-c3ccc(Cl)cc3Cl)nn12. The van der Waals surface area contributed by atoms with Crippen LogP contribution in [-0.4, -0.2) is 19.6 Å². The number of rotatable bonds is 2. The predicted octanol–water partition coefficient (Wildman–Crippen LogP) is 3.07. The molecule has 0 unspecified atom stereocenters. The van der Waals surface area contributed by atoms with E-state index in [1.54, 1.807) is 36.7 Å². The maximum absolute atomic E-state index is 12.5. The first-order valence-corrected chi connectivity index (χ1v) is 8.46. The van der Waals surface area contributed by atoms with Gasteiger partial charge < -0.3 is 0 Å². The van der Waals surface area contributed by atoms with Gasteiger partial charge in [0.15, 0.2) is 5.82 Å². The van der Waals surface area contributed by atoms with Gasteiger partial charge in [-0.3, -0.25) is 9.78 Å². The highest BCUT2D eigenvalue weighted by Crippen LogP contribution is 2.28. The number of benzene rings is 1. The molecule has 4 rings (SSSR count). The van der Waals surface area contributed by atoms with E-state index in [4.69, 9.17) is 23.2 Å². The third kappa shape index (κ3) is 2.69. The second-order valence-corrected chi connectivity index (χ2v) is 6.80. The summed E-state index contributed by atoms with van der Waals surface area (Å²) in [5.41, 5.74) is 1.32. The summed E-state index contributed by atoms with van der Waals surface area (Å²) < 4.78 is 1.85. The van der Waals surface area contributed by atoms with E-state index in [-0.39, 0.29) is 5.56 Å². The smallest absolute Gasteiger partial charge is 0.266 e. The minimum atomic E-state index is -0.212. The molecule has 5 nitrogen and oxygen atoms in total. The maximum Gasteiger partial charge on any atom is 0.291 e. The van der Waals surface area contributed by atoms with E-state index in [0.29, 0.717) is 30.9 Å². The highest BCUT2D eigenvalue weighted by atomic mass is 35.5. The molecule has 0 aliphatic heterocycles. The van der Waals surface area contributed by atoms with E-state index in [0.717, 1.165) is 5.56 Å². The molecule has 0 radical (unpaired) electrons. The average molecular weight is 375 g/mol. The van der Waals surface area contributed by atoms with Gasteiger partial charge in [-0.15, -0.1) is 5.10 Å².